The standard InChI is InChI=1S/C19H16ClNO3/c1-23-13-8-10-16(17(11-13)24-2)21-19(22)15-9-7-12-5-3-4-6-14(12)18(15)20/h3-11H,1-2H3,(H,21,22). The van der Waals surface area contributed by atoms with Gasteiger partial charge in [-0.3, -0.25) is 4.79 Å². The molecule has 0 aliphatic heterocycles. The van der Waals surface area contributed by atoms with Crippen LogP contribution in [-0.4, -0.2) is 20.1 Å². The summed E-state index contributed by atoms with van der Waals surface area (Å²) in [6.07, 6.45) is 0. The summed E-state index contributed by atoms with van der Waals surface area (Å²) < 4.78 is 10.5. The quantitative estimate of drug-likeness (QED) is 0.744. The van der Waals surface area contributed by atoms with Crippen molar-refractivity contribution in [2.24, 2.45) is 0 Å². The monoisotopic (exact) mass is 341 g/mol. The molecule has 0 saturated heterocycles. The van der Waals surface area contributed by atoms with E-state index in [0.29, 0.717) is 27.8 Å². The second-order valence-electron chi connectivity index (χ2n) is 5.17. The maximum atomic E-state index is 12.6. The number of rotatable bonds is 4. The molecule has 1 amide bonds. The number of hydrogen-bond acceptors (Lipinski definition) is 3. The highest BCUT2D eigenvalue weighted by molar-refractivity contribution is 6.39. The van der Waals surface area contributed by atoms with E-state index in [-0.39, 0.29) is 5.91 Å². The minimum Gasteiger partial charge on any atom is -0.497 e. The van der Waals surface area contributed by atoms with E-state index >= 15 is 0 Å². The van der Waals surface area contributed by atoms with Gasteiger partial charge in [0, 0.05) is 11.5 Å². The highest BCUT2D eigenvalue weighted by atomic mass is 35.5. The van der Waals surface area contributed by atoms with Gasteiger partial charge < -0.3 is 14.8 Å². The van der Waals surface area contributed by atoms with E-state index in [1.54, 1.807) is 31.4 Å². The second kappa shape index (κ2) is 6.81. The number of anilines is 1. The fourth-order valence-corrected chi connectivity index (χ4v) is 2.82. The molecule has 0 radical (unpaired) electrons. The van der Waals surface area contributed by atoms with Gasteiger partial charge in [0.25, 0.3) is 5.91 Å². The van der Waals surface area contributed by atoms with Crippen molar-refractivity contribution in [3.63, 3.8) is 0 Å². The van der Waals surface area contributed by atoms with Gasteiger partial charge in [-0.1, -0.05) is 41.9 Å². The second-order valence-corrected chi connectivity index (χ2v) is 5.55. The Balaban J connectivity index is 1.94. The molecule has 3 aromatic carbocycles. The van der Waals surface area contributed by atoms with Crippen molar-refractivity contribution >= 4 is 34.0 Å². The number of carbonyl (C=O) groups excluding carboxylic acids is 1. The van der Waals surface area contributed by atoms with Crippen molar-refractivity contribution in [1.82, 2.24) is 0 Å². The highest BCUT2D eigenvalue weighted by Gasteiger charge is 2.15. The zero-order valence-electron chi connectivity index (χ0n) is 13.3. The van der Waals surface area contributed by atoms with Gasteiger partial charge in [0.05, 0.1) is 30.5 Å². The molecule has 0 fully saturated rings. The van der Waals surface area contributed by atoms with Gasteiger partial charge in [-0.15, -0.1) is 0 Å². The summed E-state index contributed by atoms with van der Waals surface area (Å²) in [6, 6.07) is 16.4. The largest absolute Gasteiger partial charge is 0.497 e. The fourth-order valence-electron chi connectivity index (χ4n) is 2.50. The molecule has 122 valence electrons. The van der Waals surface area contributed by atoms with Gasteiger partial charge in [0.2, 0.25) is 0 Å². The smallest absolute Gasteiger partial charge is 0.257 e. The first-order chi connectivity index (χ1) is 11.6. The summed E-state index contributed by atoms with van der Waals surface area (Å²) in [7, 11) is 3.11. The van der Waals surface area contributed by atoms with Crippen LogP contribution in [0.15, 0.2) is 54.6 Å². The summed E-state index contributed by atoms with van der Waals surface area (Å²) >= 11 is 6.41. The van der Waals surface area contributed by atoms with E-state index in [4.69, 9.17) is 21.1 Å². The predicted octanol–water partition coefficient (Wildman–Crippen LogP) is 4.76. The lowest BCUT2D eigenvalue weighted by molar-refractivity contribution is 0.102. The van der Waals surface area contributed by atoms with Crippen molar-refractivity contribution in [2.45, 2.75) is 0 Å². The summed E-state index contributed by atoms with van der Waals surface area (Å²) in [5, 5.41) is 5.09. The first-order valence-corrected chi connectivity index (χ1v) is 7.72. The van der Waals surface area contributed by atoms with E-state index in [1.807, 2.05) is 30.3 Å². The molecule has 0 saturated carbocycles. The minimum absolute atomic E-state index is 0.297. The topological polar surface area (TPSA) is 47.6 Å². The zero-order chi connectivity index (χ0) is 17.1. The lowest BCUT2D eigenvalue weighted by atomic mass is 10.1. The van der Waals surface area contributed by atoms with Crippen molar-refractivity contribution < 1.29 is 14.3 Å². The van der Waals surface area contributed by atoms with Crippen LogP contribution < -0.4 is 14.8 Å². The molecular weight excluding hydrogens is 326 g/mol. The predicted molar refractivity (Wildman–Crippen MR) is 96.5 cm³/mol. The van der Waals surface area contributed by atoms with Gasteiger partial charge in [0.1, 0.15) is 11.5 Å². The van der Waals surface area contributed by atoms with Crippen molar-refractivity contribution in [3.8, 4) is 11.5 Å². The Morgan fingerprint density at radius 2 is 1.79 bits per heavy atom. The molecular formula is C19H16ClNO3. The Morgan fingerprint density at radius 3 is 2.54 bits per heavy atom. The van der Waals surface area contributed by atoms with Crippen molar-refractivity contribution in [2.75, 3.05) is 19.5 Å². The van der Waals surface area contributed by atoms with Crippen LogP contribution in [0.2, 0.25) is 5.02 Å². The number of halogens is 1. The lowest BCUT2D eigenvalue weighted by Gasteiger charge is -2.13. The molecule has 3 rings (SSSR count). The third kappa shape index (κ3) is 3.01. The van der Waals surface area contributed by atoms with Crippen LogP contribution in [0.25, 0.3) is 10.8 Å². The van der Waals surface area contributed by atoms with Crippen molar-refractivity contribution in [1.29, 1.82) is 0 Å². The Morgan fingerprint density at radius 1 is 1.00 bits per heavy atom. The van der Waals surface area contributed by atoms with Gasteiger partial charge >= 0.3 is 0 Å². The number of nitrogens with one attached hydrogen (secondary N) is 1. The van der Waals surface area contributed by atoms with Crippen LogP contribution in [0, 0.1) is 0 Å². The molecule has 0 unspecified atom stereocenters. The molecule has 0 atom stereocenters. The van der Waals surface area contributed by atoms with Crippen LogP contribution in [-0.2, 0) is 0 Å². The third-order valence-corrected chi connectivity index (χ3v) is 4.17. The normalized spacial score (nSPS) is 10.5. The van der Waals surface area contributed by atoms with E-state index in [1.165, 1.54) is 7.11 Å². The number of methoxy groups -OCH3 is 2. The summed E-state index contributed by atoms with van der Waals surface area (Å²) in [6.45, 7) is 0. The first kappa shape index (κ1) is 16.1. The fraction of sp³-hybridized carbons (Fsp3) is 0.105. The van der Waals surface area contributed by atoms with E-state index in [9.17, 15) is 4.79 Å². The molecule has 3 aromatic rings. The average molecular weight is 342 g/mol. The van der Waals surface area contributed by atoms with Crippen LogP contribution in [0.1, 0.15) is 10.4 Å². The molecule has 4 nitrogen and oxygen atoms in total. The molecule has 0 aromatic heterocycles. The molecule has 0 spiro atoms. The van der Waals surface area contributed by atoms with Crippen LogP contribution in [0.4, 0.5) is 5.69 Å². The molecule has 0 heterocycles. The Bertz CT molecular complexity index is 908. The number of hydrogen-bond donors (Lipinski definition) is 1. The maximum absolute atomic E-state index is 12.6. The molecule has 0 bridgehead atoms. The SMILES string of the molecule is COc1ccc(NC(=O)c2ccc3ccccc3c2Cl)c(OC)c1. The lowest BCUT2D eigenvalue weighted by Crippen LogP contribution is -2.13. The summed E-state index contributed by atoms with van der Waals surface area (Å²) in [5.41, 5.74) is 0.959. The Hall–Kier alpha value is -2.72. The highest BCUT2D eigenvalue weighted by Crippen LogP contribution is 2.31. The van der Waals surface area contributed by atoms with Gasteiger partial charge in [-0.25, -0.2) is 0 Å². The molecule has 5 heteroatoms. The van der Waals surface area contributed by atoms with E-state index < -0.39 is 0 Å². The van der Waals surface area contributed by atoms with Crippen LogP contribution >= 0.6 is 11.6 Å². The summed E-state index contributed by atoms with van der Waals surface area (Å²) in [4.78, 5) is 12.6. The van der Waals surface area contributed by atoms with Crippen molar-refractivity contribution in [3.05, 3.63) is 65.2 Å². The van der Waals surface area contributed by atoms with E-state index in [0.717, 1.165) is 10.8 Å². The van der Waals surface area contributed by atoms with E-state index in [2.05, 4.69) is 5.32 Å². The molecule has 0 aliphatic carbocycles. The minimum atomic E-state index is -0.297. The van der Waals surface area contributed by atoms with Gasteiger partial charge in [-0.05, 0) is 23.6 Å². The molecule has 24 heavy (non-hydrogen) atoms. The summed E-state index contributed by atoms with van der Waals surface area (Å²) in [5.74, 6) is 0.863. The number of fused-ring (bicyclic) bond motifs is 1. The third-order valence-electron chi connectivity index (χ3n) is 3.76. The van der Waals surface area contributed by atoms with Crippen LogP contribution in [0.5, 0.6) is 11.5 Å². The number of ether oxygens (including phenoxy) is 2. The zero-order valence-corrected chi connectivity index (χ0v) is 14.1. The molecule has 1 N–H and O–H groups in total. The molecule has 0 aliphatic rings. The van der Waals surface area contributed by atoms with Gasteiger partial charge in [-0.2, -0.15) is 0 Å². The average Bonchev–Trinajstić information content (AvgIpc) is 2.62. The maximum Gasteiger partial charge on any atom is 0.257 e. The number of benzene rings is 3. The van der Waals surface area contributed by atoms with Crippen LogP contribution in [0.3, 0.4) is 0 Å². The Kier molecular flexibility index (Phi) is 4.58. The first-order valence-electron chi connectivity index (χ1n) is 7.34. The number of amides is 1. The Labute approximate surface area is 145 Å². The van der Waals surface area contributed by atoms with Gasteiger partial charge in [0.15, 0.2) is 0 Å². The number of carbonyl (C=O) groups is 1.